The van der Waals surface area contributed by atoms with E-state index in [1.54, 1.807) is 19.1 Å². The van der Waals surface area contributed by atoms with Gasteiger partial charge >= 0.3 is 19.9 Å². The number of aliphatic hydroxyl groups is 2. The second-order valence-electron chi connectivity index (χ2n) is 11.8. The van der Waals surface area contributed by atoms with Gasteiger partial charge < -0.3 is 53.7 Å². The summed E-state index contributed by atoms with van der Waals surface area (Å²) in [5, 5.41) is 26.6. The van der Waals surface area contributed by atoms with Crippen molar-refractivity contribution in [3.8, 4) is 0 Å². The van der Waals surface area contributed by atoms with E-state index in [2.05, 4.69) is 20.4 Å². The van der Waals surface area contributed by atoms with Crippen LogP contribution >= 0.6 is 19.2 Å². The summed E-state index contributed by atoms with van der Waals surface area (Å²) >= 11 is 6.22. The second-order valence-corrected chi connectivity index (χ2v) is 14.1. The molecule has 5 N–H and O–H groups in total. The van der Waals surface area contributed by atoms with Crippen molar-refractivity contribution in [1.29, 1.82) is 0 Å². The Balaban J connectivity index is 1.56. The molecule has 1 aliphatic rings. The first kappa shape index (κ1) is 39.1. The molecular weight excluding hydrogens is 712 g/mol. The molecule has 0 aliphatic carbocycles. The van der Waals surface area contributed by atoms with Gasteiger partial charge in [-0.05, 0) is 63.9 Å². The average Bonchev–Trinajstić information content (AvgIpc) is 3.55. The Morgan fingerprint density at radius 1 is 1.02 bits per heavy atom. The number of carbonyl (C=O) groups is 2. The van der Waals surface area contributed by atoms with E-state index < -0.39 is 87.6 Å². The Bertz CT molecular complexity index is 1670. The summed E-state index contributed by atoms with van der Waals surface area (Å²) in [7, 11) is -5.49. The zero-order valence-electron chi connectivity index (χ0n) is 27.5. The molecule has 0 amide bonds. The lowest BCUT2D eigenvalue weighted by atomic mass is 10.1. The summed E-state index contributed by atoms with van der Waals surface area (Å²) in [5.74, 6) is -0.156. The van der Waals surface area contributed by atoms with Gasteiger partial charge in [0, 0.05) is 6.04 Å². The maximum Gasteiger partial charge on any atom is 0.508 e. The van der Waals surface area contributed by atoms with E-state index in [0.29, 0.717) is 5.39 Å². The van der Waals surface area contributed by atoms with E-state index in [1.165, 1.54) is 46.0 Å². The largest absolute Gasteiger partial charge is 0.508 e. The van der Waals surface area contributed by atoms with Gasteiger partial charge in [-0.2, -0.15) is 15.1 Å². The molecule has 50 heavy (non-hydrogen) atoms. The van der Waals surface area contributed by atoms with Gasteiger partial charge in [0.25, 0.3) is 0 Å². The highest BCUT2D eigenvalue weighted by atomic mass is 35.5. The van der Waals surface area contributed by atoms with Gasteiger partial charge in [0.2, 0.25) is 10.6 Å². The van der Waals surface area contributed by atoms with E-state index in [4.69, 9.17) is 40.0 Å². The number of hydrogen-bond donors (Lipinski definition) is 5. The van der Waals surface area contributed by atoms with Crippen molar-refractivity contribution in [3.63, 3.8) is 0 Å². The van der Waals surface area contributed by atoms with Gasteiger partial charge in [-0.1, -0.05) is 12.1 Å². The van der Waals surface area contributed by atoms with Crippen molar-refractivity contribution in [2.75, 3.05) is 25.1 Å². The number of fused-ring (bicyclic) bond motifs is 1. The van der Waals surface area contributed by atoms with E-state index >= 15 is 0 Å². The van der Waals surface area contributed by atoms with Crippen LogP contribution in [0.15, 0.2) is 30.5 Å². The minimum Gasteiger partial charge on any atom is -0.432 e. The smallest absolute Gasteiger partial charge is 0.432 e. The number of carbonyl (C=O) groups excluding carboxylic acids is 2. The number of benzene rings is 1. The molecule has 3 aromatic rings. The fourth-order valence-corrected chi connectivity index (χ4v) is 5.59. The van der Waals surface area contributed by atoms with E-state index in [-0.39, 0.29) is 22.8 Å². The normalized spacial score (nSPS) is 20.3. The number of halogens is 2. The van der Waals surface area contributed by atoms with Crippen molar-refractivity contribution in [1.82, 2.24) is 19.7 Å². The lowest BCUT2D eigenvalue weighted by molar-refractivity contribution is -0.130. The number of ether oxygens (including phenoxy) is 6. The van der Waals surface area contributed by atoms with E-state index in [1.807, 2.05) is 0 Å². The summed E-state index contributed by atoms with van der Waals surface area (Å²) < 4.78 is 58.3. The number of rotatable bonds is 14. The lowest BCUT2D eigenvalue weighted by Crippen LogP contribution is -2.47. The van der Waals surface area contributed by atoms with Crippen LogP contribution < -0.4 is 5.32 Å². The van der Waals surface area contributed by atoms with Gasteiger partial charge in [0.1, 0.15) is 43.2 Å². The molecule has 0 radical (unpaired) electrons. The molecule has 1 aliphatic heterocycles. The van der Waals surface area contributed by atoms with Gasteiger partial charge in [0.05, 0.1) is 30.4 Å². The van der Waals surface area contributed by atoms with E-state index in [9.17, 15) is 38.5 Å². The molecule has 276 valence electrons. The summed E-state index contributed by atoms with van der Waals surface area (Å²) in [5.41, 5.74) is 0.813. The molecule has 18 nitrogen and oxygen atoms in total. The molecule has 5 atom stereocenters. The SMILES string of the molecule is CC(C)OC(=O)OCC(COC(=O)OC(C)C)(OC[C@H]1O[C@@H](n2ncc3c(N[C@@H](C)c4ccc(F)cc4)nc(Cl)nc32)[C@H](O)[C@@H]1O)P(=O)(O)O. The van der Waals surface area contributed by atoms with Crippen molar-refractivity contribution in [2.24, 2.45) is 0 Å². The zero-order chi connectivity index (χ0) is 37.0. The average molecular weight is 750 g/mol. The Hall–Kier alpha value is -3.68. The van der Waals surface area contributed by atoms with Crippen LogP contribution in [-0.4, -0.2) is 108 Å². The fourth-order valence-electron chi connectivity index (χ4n) is 4.71. The predicted octanol–water partition coefficient (Wildman–Crippen LogP) is 3.42. The highest BCUT2D eigenvalue weighted by molar-refractivity contribution is 7.53. The third-order valence-corrected chi connectivity index (χ3v) is 8.89. The van der Waals surface area contributed by atoms with Crippen LogP contribution in [0, 0.1) is 5.82 Å². The van der Waals surface area contributed by atoms with Crippen molar-refractivity contribution in [3.05, 3.63) is 47.1 Å². The minimum atomic E-state index is -5.49. The van der Waals surface area contributed by atoms with Crippen molar-refractivity contribution in [2.45, 2.75) is 82.8 Å². The van der Waals surface area contributed by atoms with Crippen LogP contribution in [0.1, 0.15) is 52.5 Å². The molecule has 0 bridgehead atoms. The van der Waals surface area contributed by atoms with Gasteiger partial charge in [-0.25, -0.2) is 18.7 Å². The summed E-state index contributed by atoms with van der Waals surface area (Å²) in [4.78, 5) is 53.3. The first-order valence-electron chi connectivity index (χ1n) is 15.2. The standard InChI is InChI=1S/C29H38ClFN5O13P/c1-14(2)47-27(39)44-12-29(50(41,42)43,13-45-28(40)48-15(3)4)46-11-20-21(37)22(38)25(49-20)36-24-19(10-32-36)23(34-26(30)35-24)33-16(5)17-6-8-18(31)9-7-17/h6-10,14-16,20-22,25,37-38H,11-13H2,1-5H3,(H,33,34,35)(H2,41,42,43)/t16-,20+,21+,22+,25+/m0/s1. The topological polar surface area (TPSA) is 243 Å². The second kappa shape index (κ2) is 16.1. The van der Waals surface area contributed by atoms with Gasteiger partial charge in [-0.15, -0.1) is 0 Å². The molecule has 1 aromatic carbocycles. The zero-order valence-corrected chi connectivity index (χ0v) is 29.2. The maximum absolute atomic E-state index is 13.4. The Kier molecular flexibility index (Phi) is 12.6. The molecule has 2 aromatic heterocycles. The monoisotopic (exact) mass is 749 g/mol. The molecule has 3 heterocycles. The number of nitrogens with zero attached hydrogens (tertiary/aromatic N) is 4. The minimum absolute atomic E-state index is 0.0790. The number of anilines is 1. The van der Waals surface area contributed by atoms with Crippen LogP contribution in [0.25, 0.3) is 11.0 Å². The van der Waals surface area contributed by atoms with Crippen LogP contribution in [-0.2, 0) is 33.0 Å². The van der Waals surface area contributed by atoms with Crippen LogP contribution in [0.2, 0.25) is 5.28 Å². The van der Waals surface area contributed by atoms with E-state index in [0.717, 1.165) is 10.2 Å². The molecular formula is C29H38ClFN5O13P. The van der Waals surface area contributed by atoms with Crippen molar-refractivity contribution >= 4 is 48.4 Å². The first-order valence-corrected chi connectivity index (χ1v) is 17.2. The molecule has 0 spiro atoms. The van der Waals surface area contributed by atoms with Crippen LogP contribution in [0.4, 0.5) is 19.8 Å². The first-order chi connectivity index (χ1) is 23.4. The molecule has 1 fully saturated rings. The Morgan fingerprint density at radius 3 is 2.14 bits per heavy atom. The number of aromatic nitrogens is 4. The number of nitrogens with one attached hydrogen (secondary N) is 1. The third kappa shape index (κ3) is 9.35. The summed E-state index contributed by atoms with van der Waals surface area (Å²) in [6, 6.07) is 5.44. The van der Waals surface area contributed by atoms with Gasteiger partial charge in [-0.3, -0.25) is 4.57 Å². The number of hydrogen-bond acceptors (Lipinski definition) is 15. The predicted molar refractivity (Wildman–Crippen MR) is 171 cm³/mol. The van der Waals surface area contributed by atoms with Crippen LogP contribution in [0.5, 0.6) is 0 Å². The van der Waals surface area contributed by atoms with Gasteiger partial charge in [0.15, 0.2) is 11.9 Å². The highest BCUT2D eigenvalue weighted by Gasteiger charge is 2.54. The lowest BCUT2D eigenvalue weighted by Gasteiger charge is -2.33. The van der Waals surface area contributed by atoms with Crippen LogP contribution in [0.3, 0.4) is 0 Å². The highest BCUT2D eigenvalue weighted by Crippen LogP contribution is 2.52. The number of aliphatic hydroxyl groups excluding tert-OH is 2. The molecule has 1 saturated heterocycles. The quantitative estimate of drug-likeness (QED) is 0.0900. The molecule has 0 unspecified atom stereocenters. The van der Waals surface area contributed by atoms with Crippen molar-refractivity contribution < 1.29 is 67.0 Å². The molecule has 4 rings (SSSR count). The summed E-state index contributed by atoms with van der Waals surface area (Å²) in [6.45, 7) is 4.67. The fraction of sp³-hybridized carbons (Fsp3) is 0.552. The Labute approximate surface area is 289 Å². The maximum atomic E-state index is 13.4. The summed E-state index contributed by atoms with van der Waals surface area (Å²) in [6.07, 6.45) is -8.84. The Morgan fingerprint density at radius 2 is 1.60 bits per heavy atom. The third-order valence-electron chi connectivity index (χ3n) is 7.27. The molecule has 21 heteroatoms. The molecule has 0 saturated carbocycles.